The van der Waals surface area contributed by atoms with E-state index in [0.717, 1.165) is 21.5 Å². The molecule has 4 aromatic rings. The lowest BCUT2D eigenvalue weighted by molar-refractivity contribution is -0.121. The van der Waals surface area contributed by atoms with Crippen LogP contribution in [0.3, 0.4) is 0 Å². The number of halogens is 1. The largest absolute Gasteiger partial charge is 0.342 e. The van der Waals surface area contributed by atoms with Crippen LogP contribution < -0.4 is 10.2 Å². The molecule has 1 aromatic carbocycles. The van der Waals surface area contributed by atoms with Gasteiger partial charge in [-0.25, -0.2) is 5.10 Å². The van der Waals surface area contributed by atoms with E-state index in [-0.39, 0.29) is 18.4 Å². The molecule has 1 aliphatic heterocycles. The standard InChI is InChI=1S/C18H14ClN7O2S/c19-14-7-10-6-11(21-17(10)29-14)16(27)20-12-5-9-3-1-2-4-13(9)26(18(12)28)8-15-22-24-25-23-15/h1-4,6-7,12,21H,5,8H2,(H,20,27)(H,22,23,24,25). The Hall–Kier alpha value is -3.24. The summed E-state index contributed by atoms with van der Waals surface area (Å²) < 4.78 is 0.648. The van der Waals surface area contributed by atoms with Crippen molar-refractivity contribution in [2.24, 2.45) is 0 Å². The van der Waals surface area contributed by atoms with Gasteiger partial charge >= 0.3 is 0 Å². The Morgan fingerprint density at radius 2 is 2.21 bits per heavy atom. The van der Waals surface area contributed by atoms with E-state index < -0.39 is 6.04 Å². The maximum Gasteiger partial charge on any atom is 0.268 e. The zero-order chi connectivity index (χ0) is 20.0. The summed E-state index contributed by atoms with van der Waals surface area (Å²) in [5.41, 5.74) is 2.14. The van der Waals surface area contributed by atoms with Crippen molar-refractivity contribution in [1.29, 1.82) is 0 Å². The number of fused-ring (bicyclic) bond motifs is 2. The summed E-state index contributed by atoms with van der Waals surface area (Å²) in [6.07, 6.45) is 0.410. The maximum atomic E-state index is 13.2. The summed E-state index contributed by atoms with van der Waals surface area (Å²) in [5.74, 6) is -0.102. The van der Waals surface area contributed by atoms with Gasteiger partial charge in [0.1, 0.15) is 16.6 Å². The first-order valence-corrected chi connectivity index (χ1v) is 9.99. The molecular weight excluding hydrogens is 414 g/mol. The number of hydrogen-bond acceptors (Lipinski definition) is 6. The summed E-state index contributed by atoms with van der Waals surface area (Å²) in [6.45, 7) is 0.186. The second-order valence-corrected chi connectivity index (χ2v) is 8.33. The second kappa shape index (κ2) is 6.98. The Morgan fingerprint density at radius 1 is 1.34 bits per heavy atom. The van der Waals surface area contributed by atoms with Crippen molar-refractivity contribution in [3.05, 3.63) is 57.8 Å². The van der Waals surface area contributed by atoms with Gasteiger partial charge < -0.3 is 15.2 Å². The third kappa shape index (κ3) is 3.26. The first-order chi connectivity index (χ1) is 14.1. The number of aromatic amines is 2. The number of thiophene rings is 1. The molecule has 11 heteroatoms. The van der Waals surface area contributed by atoms with Crippen molar-refractivity contribution in [3.8, 4) is 0 Å². The third-order valence-electron chi connectivity index (χ3n) is 4.80. The summed E-state index contributed by atoms with van der Waals surface area (Å²) in [7, 11) is 0. The van der Waals surface area contributed by atoms with E-state index in [4.69, 9.17) is 11.6 Å². The number of H-pyrrole nitrogens is 2. The van der Waals surface area contributed by atoms with E-state index in [9.17, 15) is 9.59 Å². The Kier molecular flexibility index (Phi) is 4.29. The minimum Gasteiger partial charge on any atom is -0.342 e. The van der Waals surface area contributed by atoms with Crippen LogP contribution >= 0.6 is 22.9 Å². The van der Waals surface area contributed by atoms with Crippen molar-refractivity contribution in [2.45, 2.75) is 19.0 Å². The van der Waals surface area contributed by atoms with Crippen molar-refractivity contribution in [2.75, 3.05) is 4.90 Å². The van der Waals surface area contributed by atoms with Crippen LogP contribution in [0.4, 0.5) is 5.69 Å². The predicted molar refractivity (Wildman–Crippen MR) is 108 cm³/mol. The number of amides is 2. The molecule has 0 aliphatic carbocycles. The molecule has 0 radical (unpaired) electrons. The average molecular weight is 428 g/mol. The van der Waals surface area contributed by atoms with E-state index in [1.807, 2.05) is 24.3 Å². The molecule has 4 heterocycles. The zero-order valence-electron chi connectivity index (χ0n) is 14.8. The SMILES string of the molecule is O=C(NC1Cc2ccccc2N(Cc2nnn[nH]2)C1=O)c1cc2cc(Cl)sc2[nH]1. The van der Waals surface area contributed by atoms with Crippen LogP contribution in [-0.2, 0) is 17.8 Å². The number of carbonyl (C=O) groups excluding carboxylic acids is 2. The number of tetrazole rings is 1. The first-order valence-electron chi connectivity index (χ1n) is 8.79. The normalized spacial score (nSPS) is 16.2. The molecule has 0 bridgehead atoms. The Balaban J connectivity index is 1.41. The minimum atomic E-state index is -0.696. The van der Waals surface area contributed by atoms with Gasteiger partial charge in [-0.1, -0.05) is 29.8 Å². The fourth-order valence-electron chi connectivity index (χ4n) is 3.48. The highest BCUT2D eigenvalue weighted by Crippen LogP contribution is 2.31. The molecule has 146 valence electrons. The minimum absolute atomic E-state index is 0.186. The fourth-order valence-corrected chi connectivity index (χ4v) is 4.61. The molecule has 3 aromatic heterocycles. The number of para-hydroxylation sites is 1. The van der Waals surface area contributed by atoms with Gasteiger partial charge in [0.2, 0.25) is 5.91 Å². The van der Waals surface area contributed by atoms with Gasteiger partial charge in [-0.3, -0.25) is 9.59 Å². The Morgan fingerprint density at radius 3 is 3.00 bits per heavy atom. The number of nitrogens with one attached hydrogen (secondary N) is 3. The number of benzene rings is 1. The van der Waals surface area contributed by atoms with Crippen LogP contribution in [0, 0.1) is 0 Å². The highest BCUT2D eigenvalue weighted by atomic mass is 35.5. The topological polar surface area (TPSA) is 120 Å². The first kappa shape index (κ1) is 17.8. The molecule has 2 amide bonds. The van der Waals surface area contributed by atoms with Gasteiger partial charge in [0.15, 0.2) is 5.82 Å². The zero-order valence-corrected chi connectivity index (χ0v) is 16.4. The maximum absolute atomic E-state index is 13.2. The van der Waals surface area contributed by atoms with Crippen molar-refractivity contribution >= 4 is 50.7 Å². The second-order valence-electron chi connectivity index (χ2n) is 6.65. The highest BCUT2D eigenvalue weighted by molar-refractivity contribution is 7.22. The molecule has 0 spiro atoms. The Bertz CT molecular complexity index is 1180. The number of aromatic nitrogens is 5. The quantitative estimate of drug-likeness (QED) is 0.461. The van der Waals surface area contributed by atoms with Gasteiger partial charge in [-0.05, 0) is 34.2 Å². The smallest absolute Gasteiger partial charge is 0.268 e. The van der Waals surface area contributed by atoms with E-state index >= 15 is 0 Å². The molecule has 0 saturated carbocycles. The molecule has 5 rings (SSSR count). The summed E-state index contributed by atoms with van der Waals surface area (Å²) in [4.78, 5) is 31.4. The van der Waals surface area contributed by atoms with Crippen LogP contribution in [0.25, 0.3) is 10.2 Å². The number of anilines is 1. The van der Waals surface area contributed by atoms with Crippen LogP contribution in [-0.4, -0.2) is 43.5 Å². The fraction of sp³-hybridized carbons (Fsp3) is 0.167. The van der Waals surface area contributed by atoms with Gasteiger partial charge in [0.05, 0.1) is 10.9 Å². The van der Waals surface area contributed by atoms with Gasteiger partial charge in [-0.15, -0.1) is 16.4 Å². The summed E-state index contributed by atoms with van der Waals surface area (Å²) in [5, 5.41) is 17.4. The van der Waals surface area contributed by atoms with Gasteiger partial charge in [-0.2, -0.15) is 0 Å². The molecule has 29 heavy (non-hydrogen) atoms. The molecule has 0 saturated heterocycles. The predicted octanol–water partition coefficient (Wildman–Crippen LogP) is 2.28. The van der Waals surface area contributed by atoms with E-state index in [0.29, 0.717) is 22.3 Å². The van der Waals surface area contributed by atoms with Gasteiger partial charge in [0, 0.05) is 17.5 Å². The average Bonchev–Trinajstić information content (AvgIpc) is 3.41. The Labute approximate surface area is 173 Å². The number of carbonyl (C=O) groups is 2. The monoisotopic (exact) mass is 427 g/mol. The summed E-state index contributed by atoms with van der Waals surface area (Å²) in [6, 6.07) is 10.4. The number of nitrogens with zero attached hydrogens (tertiary/aromatic N) is 4. The van der Waals surface area contributed by atoms with Crippen LogP contribution in [0.5, 0.6) is 0 Å². The summed E-state index contributed by atoms with van der Waals surface area (Å²) >= 11 is 7.35. The highest BCUT2D eigenvalue weighted by Gasteiger charge is 2.34. The van der Waals surface area contributed by atoms with Crippen molar-refractivity contribution in [1.82, 2.24) is 30.9 Å². The van der Waals surface area contributed by atoms with Gasteiger partial charge in [0.25, 0.3) is 5.91 Å². The van der Waals surface area contributed by atoms with Crippen LogP contribution in [0.2, 0.25) is 4.34 Å². The lowest BCUT2D eigenvalue weighted by Gasteiger charge is -2.33. The molecule has 1 atom stereocenters. The molecule has 3 N–H and O–H groups in total. The number of hydrogen-bond donors (Lipinski definition) is 3. The molecule has 1 unspecified atom stereocenters. The molecular formula is C18H14ClN7O2S. The third-order valence-corrected chi connectivity index (χ3v) is 5.99. The van der Waals surface area contributed by atoms with E-state index in [1.165, 1.54) is 11.3 Å². The lowest BCUT2D eigenvalue weighted by atomic mass is 9.97. The molecule has 9 nitrogen and oxygen atoms in total. The number of rotatable bonds is 4. The van der Waals surface area contributed by atoms with Crippen LogP contribution in [0.15, 0.2) is 36.4 Å². The van der Waals surface area contributed by atoms with E-state index in [2.05, 4.69) is 30.9 Å². The molecule has 1 aliphatic rings. The van der Waals surface area contributed by atoms with E-state index in [1.54, 1.807) is 17.0 Å². The lowest BCUT2D eigenvalue weighted by Crippen LogP contribution is -2.52. The van der Waals surface area contributed by atoms with Crippen molar-refractivity contribution < 1.29 is 9.59 Å². The van der Waals surface area contributed by atoms with Crippen molar-refractivity contribution in [3.63, 3.8) is 0 Å². The van der Waals surface area contributed by atoms with Crippen LogP contribution in [0.1, 0.15) is 21.9 Å². The molecule has 0 fully saturated rings.